The number of methoxy groups -OCH3 is 1. The molecule has 1 aromatic heterocycles. The van der Waals surface area contributed by atoms with Crippen molar-refractivity contribution >= 4 is 46.0 Å². The number of carbonyl (C=O) groups is 1. The van der Waals surface area contributed by atoms with Crippen molar-refractivity contribution in [1.29, 1.82) is 0 Å². The Labute approximate surface area is 226 Å². The topological polar surface area (TPSA) is 79.1 Å². The summed E-state index contributed by atoms with van der Waals surface area (Å²) in [7, 11) is 1.57. The summed E-state index contributed by atoms with van der Waals surface area (Å²) in [5.41, 5.74) is 2.26. The number of hydrogen-bond donors (Lipinski definition) is 0. The van der Waals surface area contributed by atoms with Crippen molar-refractivity contribution in [3.63, 3.8) is 0 Å². The van der Waals surface area contributed by atoms with Gasteiger partial charge in [-0.3, -0.25) is 9.36 Å². The van der Waals surface area contributed by atoms with Crippen molar-refractivity contribution < 1.29 is 19.0 Å². The third kappa shape index (κ3) is 5.03. The van der Waals surface area contributed by atoms with Crippen LogP contribution in [0.1, 0.15) is 31.0 Å². The molecule has 0 N–H and O–H groups in total. The zero-order valence-corrected chi connectivity index (χ0v) is 23.1. The Morgan fingerprint density at radius 2 is 2.03 bits per heavy atom. The van der Waals surface area contributed by atoms with E-state index in [0.29, 0.717) is 38.7 Å². The molecule has 0 saturated carbocycles. The Kier molecular flexibility index (Phi) is 8.10. The van der Waals surface area contributed by atoms with Crippen LogP contribution in [0.25, 0.3) is 6.08 Å². The lowest BCUT2D eigenvalue weighted by Gasteiger charge is -2.24. The lowest BCUT2D eigenvalue weighted by atomic mass is 9.96. The summed E-state index contributed by atoms with van der Waals surface area (Å²) in [6.45, 7) is 7.79. The van der Waals surface area contributed by atoms with E-state index in [1.165, 1.54) is 11.3 Å². The number of fused-ring (bicyclic) bond motifs is 1. The number of hydrogen-bond acceptors (Lipinski definition) is 7. The highest BCUT2D eigenvalue weighted by Crippen LogP contribution is 2.34. The number of benzene rings is 2. The lowest BCUT2D eigenvalue weighted by Crippen LogP contribution is -2.39. The molecule has 1 aliphatic heterocycles. The molecular weight excluding hydrogens is 591 g/mol. The molecule has 2 aromatic carbocycles. The van der Waals surface area contributed by atoms with E-state index in [9.17, 15) is 9.59 Å². The molecule has 0 amide bonds. The Morgan fingerprint density at radius 1 is 1.28 bits per heavy atom. The number of carbonyl (C=O) groups excluding carboxylic acids is 1. The van der Waals surface area contributed by atoms with Crippen LogP contribution in [0.5, 0.6) is 11.5 Å². The summed E-state index contributed by atoms with van der Waals surface area (Å²) in [5.74, 6) is 0.706. The minimum Gasteiger partial charge on any atom is -0.493 e. The van der Waals surface area contributed by atoms with Crippen LogP contribution >= 0.6 is 33.9 Å². The van der Waals surface area contributed by atoms with Gasteiger partial charge in [-0.15, -0.1) is 0 Å². The number of nitrogens with zero attached hydrogens (tertiary/aromatic N) is 2. The highest BCUT2D eigenvalue weighted by molar-refractivity contribution is 14.1. The smallest absolute Gasteiger partial charge is 0.338 e. The van der Waals surface area contributed by atoms with Crippen LogP contribution in [0, 0.1) is 3.57 Å². The quantitative estimate of drug-likeness (QED) is 0.218. The molecule has 3 aromatic rings. The fourth-order valence-corrected chi connectivity index (χ4v) is 5.83. The highest BCUT2D eigenvalue weighted by Gasteiger charge is 2.33. The Hall–Kier alpha value is -3.18. The van der Waals surface area contributed by atoms with Crippen LogP contribution in [-0.4, -0.2) is 30.9 Å². The van der Waals surface area contributed by atoms with Crippen LogP contribution in [0.4, 0.5) is 0 Å². The number of aromatic nitrogens is 1. The van der Waals surface area contributed by atoms with Gasteiger partial charge in [0.1, 0.15) is 6.61 Å². The van der Waals surface area contributed by atoms with Crippen LogP contribution in [0.3, 0.4) is 0 Å². The molecule has 7 nitrogen and oxygen atoms in total. The average molecular weight is 616 g/mol. The molecule has 1 atom stereocenters. The van der Waals surface area contributed by atoms with Crippen molar-refractivity contribution in [2.45, 2.75) is 19.9 Å². The summed E-state index contributed by atoms with van der Waals surface area (Å²) in [4.78, 5) is 31.8. The normalized spacial score (nSPS) is 15.2. The van der Waals surface area contributed by atoms with E-state index < -0.39 is 12.0 Å². The summed E-state index contributed by atoms with van der Waals surface area (Å²) in [5, 5.41) is 0. The van der Waals surface area contributed by atoms with Gasteiger partial charge in [-0.25, -0.2) is 9.79 Å². The van der Waals surface area contributed by atoms with E-state index >= 15 is 0 Å². The van der Waals surface area contributed by atoms with Crippen LogP contribution in [0.2, 0.25) is 0 Å². The van der Waals surface area contributed by atoms with E-state index in [2.05, 4.69) is 34.2 Å². The molecule has 1 aliphatic rings. The molecule has 0 unspecified atom stereocenters. The summed E-state index contributed by atoms with van der Waals surface area (Å²) >= 11 is 3.46. The standard InChI is InChI=1S/C27H25IN2O5S/c1-5-12-35-24-19(28)13-17(14-20(24)33-4)15-21-25(31)30-23(18-10-8-7-9-11-18)22(26(32)34-6-2)16(3)29-27(30)36-21/h5,7-11,13-15,23H,1,6,12H2,2-4H3/b21-15-/t23-/m0/s1. The Balaban J connectivity index is 1.89. The molecule has 0 spiro atoms. The highest BCUT2D eigenvalue weighted by atomic mass is 127. The SMILES string of the molecule is C=CCOc1c(I)cc(/C=c2\sc3n(c2=O)[C@@H](c2ccccc2)C(C(=O)OCC)=C(C)N=3)cc1OC. The molecule has 0 radical (unpaired) electrons. The number of halogens is 1. The number of ether oxygens (including phenoxy) is 3. The molecule has 0 aliphatic carbocycles. The van der Waals surface area contributed by atoms with Gasteiger partial charge in [0.2, 0.25) is 0 Å². The maximum Gasteiger partial charge on any atom is 0.338 e. The van der Waals surface area contributed by atoms with Crippen molar-refractivity contribution in [2.75, 3.05) is 20.3 Å². The predicted molar refractivity (Wildman–Crippen MR) is 148 cm³/mol. The van der Waals surface area contributed by atoms with E-state index in [-0.39, 0.29) is 12.2 Å². The van der Waals surface area contributed by atoms with Gasteiger partial charge in [-0.05, 0) is 65.8 Å². The lowest BCUT2D eigenvalue weighted by molar-refractivity contribution is -0.139. The maximum absolute atomic E-state index is 13.7. The molecule has 9 heteroatoms. The molecule has 186 valence electrons. The summed E-state index contributed by atoms with van der Waals surface area (Å²) < 4.78 is 19.5. The minimum absolute atomic E-state index is 0.231. The summed E-state index contributed by atoms with van der Waals surface area (Å²) in [6, 6.07) is 12.6. The Morgan fingerprint density at radius 3 is 2.69 bits per heavy atom. The molecule has 2 heterocycles. The average Bonchev–Trinajstić information content (AvgIpc) is 3.17. The molecule has 4 rings (SSSR count). The molecule has 0 fully saturated rings. The van der Waals surface area contributed by atoms with E-state index in [1.54, 1.807) is 37.7 Å². The fourth-order valence-electron chi connectivity index (χ4n) is 4.00. The van der Waals surface area contributed by atoms with Crippen molar-refractivity contribution in [2.24, 2.45) is 4.99 Å². The van der Waals surface area contributed by atoms with Gasteiger partial charge in [0, 0.05) is 0 Å². The first-order valence-electron chi connectivity index (χ1n) is 11.2. The number of thiazole rings is 1. The van der Waals surface area contributed by atoms with Crippen LogP contribution in [-0.2, 0) is 9.53 Å². The van der Waals surface area contributed by atoms with E-state index in [1.807, 2.05) is 42.5 Å². The van der Waals surface area contributed by atoms with E-state index in [4.69, 9.17) is 14.2 Å². The maximum atomic E-state index is 13.7. The van der Waals surface area contributed by atoms with E-state index in [0.717, 1.165) is 14.7 Å². The van der Waals surface area contributed by atoms with Crippen LogP contribution in [0.15, 0.2) is 76.2 Å². The van der Waals surface area contributed by atoms with Gasteiger partial charge in [0.05, 0.1) is 39.1 Å². The van der Waals surface area contributed by atoms with Crippen LogP contribution < -0.4 is 24.4 Å². The zero-order valence-electron chi connectivity index (χ0n) is 20.1. The number of allylic oxidation sites excluding steroid dienone is 1. The van der Waals surface area contributed by atoms with Gasteiger partial charge >= 0.3 is 5.97 Å². The first-order chi connectivity index (χ1) is 17.4. The van der Waals surface area contributed by atoms with Crippen molar-refractivity contribution in [1.82, 2.24) is 4.57 Å². The number of esters is 1. The van der Waals surface area contributed by atoms with Gasteiger partial charge in [-0.1, -0.05) is 54.3 Å². The van der Waals surface area contributed by atoms with Crippen molar-refractivity contribution in [3.05, 3.63) is 101 Å². The van der Waals surface area contributed by atoms with Gasteiger partial charge < -0.3 is 14.2 Å². The molecule has 0 bridgehead atoms. The largest absolute Gasteiger partial charge is 0.493 e. The molecule has 0 saturated heterocycles. The number of rotatable bonds is 8. The zero-order chi connectivity index (χ0) is 25.8. The van der Waals surface area contributed by atoms with Gasteiger partial charge in [-0.2, -0.15) is 0 Å². The van der Waals surface area contributed by atoms with Gasteiger partial charge in [0.25, 0.3) is 5.56 Å². The first-order valence-corrected chi connectivity index (χ1v) is 13.1. The monoisotopic (exact) mass is 616 g/mol. The third-order valence-electron chi connectivity index (χ3n) is 5.53. The predicted octanol–water partition coefficient (Wildman–Crippen LogP) is 3.98. The second kappa shape index (κ2) is 11.3. The van der Waals surface area contributed by atoms with Gasteiger partial charge in [0.15, 0.2) is 16.3 Å². The second-order valence-corrected chi connectivity index (χ2v) is 10.0. The fraction of sp³-hybridized carbons (Fsp3) is 0.222. The minimum atomic E-state index is -0.631. The van der Waals surface area contributed by atoms with Crippen molar-refractivity contribution in [3.8, 4) is 11.5 Å². The first kappa shape index (κ1) is 25.9. The third-order valence-corrected chi connectivity index (χ3v) is 7.31. The molecular formula is C27H25IN2O5S. The summed E-state index contributed by atoms with van der Waals surface area (Å²) in [6.07, 6.45) is 3.47. The Bertz CT molecular complexity index is 1520. The second-order valence-electron chi connectivity index (χ2n) is 7.85. The molecule has 36 heavy (non-hydrogen) atoms.